The summed E-state index contributed by atoms with van der Waals surface area (Å²) in [6.07, 6.45) is 7.61. The maximum absolute atomic E-state index is 11.0. The van der Waals surface area contributed by atoms with E-state index in [1.165, 1.54) is 12.5 Å². The van der Waals surface area contributed by atoms with Gasteiger partial charge in [0.15, 0.2) is 0 Å². The first-order valence-corrected chi connectivity index (χ1v) is 8.20. The van der Waals surface area contributed by atoms with Crippen LogP contribution in [0.2, 0.25) is 0 Å². The highest BCUT2D eigenvalue weighted by Gasteiger charge is 2.22. The Labute approximate surface area is 135 Å². The Balaban J connectivity index is 3.89. The second-order valence-corrected chi connectivity index (χ2v) is 7.44. The summed E-state index contributed by atoms with van der Waals surface area (Å²) < 4.78 is 10.0. The van der Waals surface area contributed by atoms with Crippen molar-refractivity contribution in [3.63, 3.8) is 0 Å². The van der Waals surface area contributed by atoms with Crippen LogP contribution in [0.15, 0.2) is 12.7 Å². The summed E-state index contributed by atoms with van der Waals surface area (Å²) in [5.41, 5.74) is 0.474. The molecule has 0 atom stereocenters. The van der Waals surface area contributed by atoms with Gasteiger partial charge >= 0.3 is 5.97 Å². The third-order valence-electron chi connectivity index (χ3n) is 4.13. The van der Waals surface area contributed by atoms with Crippen LogP contribution in [0, 0.1) is 10.8 Å². The molecule has 0 aliphatic heterocycles. The highest BCUT2D eigenvalue weighted by atomic mass is 16.6. The Bertz CT molecular complexity index is 321. The molecule has 0 amide bonds. The number of hydrogen-bond donors (Lipinski definition) is 1. The molecule has 0 radical (unpaired) electrons. The molecule has 0 saturated carbocycles. The van der Waals surface area contributed by atoms with Crippen LogP contribution in [-0.2, 0) is 14.3 Å². The predicted octanol–water partition coefficient (Wildman–Crippen LogP) is 4.08. The second kappa shape index (κ2) is 10.8. The first-order chi connectivity index (χ1) is 10.2. The fraction of sp³-hybridized carbons (Fsp3) is 0.833. The van der Waals surface area contributed by atoms with Crippen molar-refractivity contribution in [2.24, 2.45) is 10.8 Å². The van der Waals surface area contributed by atoms with E-state index in [2.05, 4.69) is 34.3 Å². The Hall–Kier alpha value is -0.870. The largest absolute Gasteiger partial charge is 0.463 e. The van der Waals surface area contributed by atoms with E-state index in [0.717, 1.165) is 32.1 Å². The van der Waals surface area contributed by atoms with E-state index in [0.29, 0.717) is 18.6 Å². The van der Waals surface area contributed by atoms with Gasteiger partial charge in [-0.1, -0.05) is 40.7 Å². The average Bonchev–Trinajstić information content (AvgIpc) is 2.42. The number of aliphatic hydroxyl groups is 1. The third-order valence-corrected chi connectivity index (χ3v) is 4.13. The summed E-state index contributed by atoms with van der Waals surface area (Å²) in [7, 11) is 0. The third kappa shape index (κ3) is 11.8. The van der Waals surface area contributed by atoms with Crippen LogP contribution >= 0.6 is 0 Å². The topological polar surface area (TPSA) is 55.8 Å². The maximum atomic E-state index is 11.0. The lowest BCUT2D eigenvalue weighted by Crippen LogP contribution is -2.18. The molecule has 0 bridgehead atoms. The molecular weight excluding hydrogens is 280 g/mol. The molecule has 0 rings (SSSR count). The molecule has 0 heterocycles. The van der Waals surface area contributed by atoms with E-state index in [1.54, 1.807) is 0 Å². The van der Waals surface area contributed by atoms with Gasteiger partial charge in [0.1, 0.15) is 6.79 Å². The lowest BCUT2D eigenvalue weighted by molar-refractivity contribution is -0.138. The van der Waals surface area contributed by atoms with Crippen LogP contribution < -0.4 is 0 Å². The van der Waals surface area contributed by atoms with Gasteiger partial charge < -0.3 is 14.6 Å². The van der Waals surface area contributed by atoms with Crippen LogP contribution in [0.3, 0.4) is 0 Å². The summed E-state index contributed by atoms with van der Waals surface area (Å²) in [5.74, 6) is -0.345. The van der Waals surface area contributed by atoms with Gasteiger partial charge in [0.05, 0.1) is 6.61 Å². The number of carbonyl (C=O) groups is 1. The minimum absolute atomic E-state index is 0.178. The van der Waals surface area contributed by atoms with Crippen molar-refractivity contribution in [2.75, 3.05) is 20.0 Å². The molecule has 0 spiro atoms. The van der Waals surface area contributed by atoms with Crippen molar-refractivity contribution in [1.82, 2.24) is 0 Å². The second-order valence-electron chi connectivity index (χ2n) is 7.44. The first-order valence-electron chi connectivity index (χ1n) is 8.20. The SMILES string of the molecule is C=CC(=O)OCCC(C)(C)CCCC(C)(C)CCCOCO. The number of esters is 1. The zero-order valence-electron chi connectivity index (χ0n) is 14.8. The Morgan fingerprint density at radius 1 is 1.00 bits per heavy atom. The lowest BCUT2D eigenvalue weighted by Gasteiger charge is -2.28. The fourth-order valence-electron chi connectivity index (χ4n) is 2.50. The van der Waals surface area contributed by atoms with E-state index >= 15 is 0 Å². The fourth-order valence-corrected chi connectivity index (χ4v) is 2.50. The van der Waals surface area contributed by atoms with Crippen LogP contribution in [-0.4, -0.2) is 31.1 Å². The standard InChI is InChI=1S/C18H34O4/c1-6-16(20)22-14-12-18(4,5)10-7-9-17(2,3)11-8-13-21-15-19/h6,19H,1,7-15H2,2-5H3. The molecule has 1 N–H and O–H groups in total. The van der Waals surface area contributed by atoms with Gasteiger partial charge in [-0.15, -0.1) is 0 Å². The minimum Gasteiger partial charge on any atom is -0.463 e. The zero-order chi connectivity index (χ0) is 17.1. The highest BCUT2D eigenvalue weighted by Crippen LogP contribution is 2.33. The maximum Gasteiger partial charge on any atom is 0.330 e. The van der Waals surface area contributed by atoms with Crippen molar-refractivity contribution < 1.29 is 19.4 Å². The molecule has 130 valence electrons. The summed E-state index contributed by atoms with van der Waals surface area (Å²) in [6.45, 7) is 13.3. The number of carbonyl (C=O) groups excluding carboxylic acids is 1. The van der Waals surface area contributed by atoms with E-state index in [9.17, 15) is 4.79 Å². The van der Waals surface area contributed by atoms with Crippen LogP contribution in [0.4, 0.5) is 0 Å². The number of rotatable bonds is 13. The van der Waals surface area contributed by atoms with Crippen LogP contribution in [0.1, 0.15) is 66.2 Å². The highest BCUT2D eigenvalue weighted by molar-refractivity contribution is 5.81. The summed E-state index contributed by atoms with van der Waals surface area (Å²) in [4.78, 5) is 11.0. The van der Waals surface area contributed by atoms with Gasteiger partial charge in [-0.2, -0.15) is 0 Å². The van der Waals surface area contributed by atoms with E-state index < -0.39 is 0 Å². The van der Waals surface area contributed by atoms with Gasteiger partial charge in [-0.25, -0.2) is 4.79 Å². The minimum atomic E-state index is -0.345. The molecule has 0 aromatic heterocycles. The molecule has 0 fully saturated rings. The molecular formula is C18H34O4. The number of ether oxygens (including phenoxy) is 2. The Kier molecular flexibility index (Phi) is 10.4. The smallest absolute Gasteiger partial charge is 0.330 e. The first kappa shape index (κ1) is 21.1. The van der Waals surface area contributed by atoms with E-state index in [-0.39, 0.29) is 18.2 Å². The van der Waals surface area contributed by atoms with Gasteiger partial charge in [-0.3, -0.25) is 0 Å². The lowest BCUT2D eigenvalue weighted by atomic mass is 9.78. The molecule has 0 saturated heterocycles. The molecule has 4 heteroatoms. The molecule has 0 aliphatic carbocycles. The Morgan fingerprint density at radius 3 is 2.09 bits per heavy atom. The molecule has 4 nitrogen and oxygen atoms in total. The summed E-state index contributed by atoms with van der Waals surface area (Å²) >= 11 is 0. The number of aliphatic hydroxyl groups excluding tert-OH is 1. The van der Waals surface area contributed by atoms with Crippen LogP contribution in [0.25, 0.3) is 0 Å². The zero-order valence-corrected chi connectivity index (χ0v) is 14.8. The average molecular weight is 314 g/mol. The summed E-state index contributed by atoms with van der Waals surface area (Å²) in [5, 5.41) is 8.59. The molecule has 0 aromatic rings. The van der Waals surface area contributed by atoms with Crippen molar-refractivity contribution in [1.29, 1.82) is 0 Å². The van der Waals surface area contributed by atoms with Crippen LogP contribution in [0.5, 0.6) is 0 Å². The van der Waals surface area contributed by atoms with Gasteiger partial charge in [0.2, 0.25) is 0 Å². The van der Waals surface area contributed by atoms with Crippen molar-refractivity contribution in [3.8, 4) is 0 Å². The monoisotopic (exact) mass is 314 g/mol. The van der Waals surface area contributed by atoms with E-state index in [4.69, 9.17) is 14.6 Å². The van der Waals surface area contributed by atoms with Crippen molar-refractivity contribution in [3.05, 3.63) is 12.7 Å². The number of hydrogen-bond acceptors (Lipinski definition) is 4. The van der Waals surface area contributed by atoms with Gasteiger partial charge in [0.25, 0.3) is 0 Å². The van der Waals surface area contributed by atoms with Crippen molar-refractivity contribution >= 4 is 5.97 Å². The molecule has 0 aliphatic rings. The van der Waals surface area contributed by atoms with Gasteiger partial charge in [-0.05, 0) is 42.9 Å². The summed E-state index contributed by atoms with van der Waals surface area (Å²) in [6, 6.07) is 0. The molecule has 0 aromatic carbocycles. The van der Waals surface area contributed by atoms with E-state index in [1.807, 2.05) is 0 Å². The van der Waals surface area contributed by atoms with Crippen molar-refractivity contribution in [2.45, 2.75) is 66.2 Å². The van der Waals surface area contributed by atoms with Gasteiger partial charge in [0, 0.05) is 12.7 Å². The predicted molar refractivity (Wildman–Crippen MR) is 89.5 cm³/mol. The normalized spacial score (nSPS) is 12.2. The Morgan fingerprint density at radius 2 is 1.55 bits per heavy atom. The molecule has 0 unspecified atom stereocenters. The molecule has 22 heavy (non-hydrogen) atoms. The quantitative estimate of drug-likeness (QED) is 0.241.